The van der Waals surface area contributed by atoms with E-state index in [9.17, 15) is 0 Å². The molecular formula is C45H35N3O2S. The van der Waals surface area contributed by atoms with Crippen LogP contribution in [0.2, 0.25) is 0 Å². The van der Waals surface area contributed by atoms with Crippen LogP contribution in [0, 0.1) is 0 Å². The Labute approximate surface area is 299 Å². The summed E-state index contributed by atoms with van der Waals surface area (Å²) in [6.07, 6.45) is 5.76. The Bertz CT molecular complexity index is 2650. The Balaban J connectivity index is 0.988. The van der Waals surface area contributed by atoms with Crippen molar-refractivity contribution in [3.63, 3.8) is 0 Å². The second kappa shape index (κ2) is 12.4. The molecule has 6 aromatic carbocycles. The first-order valence-corrected chi connectivity index (χ1v) is 18.3. The number of fused-ring (bicyclic) bond motifs is 9. The molecule has 248 valence electrons. The molecule has 0 fully saturated rings. The molecule has 3 heterocycles. The third kappa shape index (κ3) is 5.19. The van der Waals surface area contributed by atoms with Crippen LogP contribution in [0.4, 0.5) is 0 Å². The highest BCUT2D eigenvalue weighted by Crippen LogP contribution is 2.47. The predicted molar refractivity (Wildman–Crippen MR) is 210 cm³/mol. The fourth-order valence-electron chi connectivity index (χ4n) is 7.97. The number of hydrogen-bond acceptors (Lipinski definition) is 6. The van der Waals surface area contributed by atoms with Crippen LogP contribution in [0.3, 0.4) is 0 Å². The van der Waals surface area contributed by atoms with Crippen molar-refractivity contribution in [2.75, 3.05) is 0 Å². The van der Waals surface area contributed by atoms with Gasteiger partial charge in [0.25, 0.3) is 0 Å². The molecule has 1 aliphatic heterocycles. The summed E-state index contributed by atoms with van der Waals surface area (Å²) in [5.74, 6) is 1.02. The molecule has 2 aliphatic rings. The van der Waals surface area contributed by atoms with E-state index in [1.165, 1.54) is 36.9 Å². The van der Waals surface area contributed by atoms with Crippen molar-refractivity contribution in [2.45, 2.75) is 30.9 Å². The van der Waals surface area contributed by atoms with Crippen molar-refractivity contribution >= 4 is 53.4 Å². The SMILES string of the molecule is NC(NC(NCc1cccc2oc3ccccc3c12)C1=CC=CC2c3ccc(-c4cccc5c4sc4ccccc45)cc3OC12)c1ccccc1. The average molecular weight is 682 g/mol. The van der Waals surface area contributed by atoms with Gasteiger partial charge in [-0.05, 0) is 46.5 Å². The van der Waals surface area contributed by atoms with Crippen LogP contribution in [-0.2, 0) is 6.54 Å². The van der Waals surface area contributed by atoms with E-state index in [0.29, 0.717) is 6.54 Å². The van der Waals surface area contributed by atoms with Crippen molar-refractivity contribution < 1.29 is 9.15 Å². The third-order valence-electron chi connectivity index (χ3n) is 10.4. The van der Waals surface area contributed by atoms with Gasteiger partial charge < -0.3 is 14.9 Å². The number of hydrogen-bond donors (Lipinski definition) is 3. The number of para-hydroxylation sites is 1. The van der Waals surface area contributed by atoms with E-state index < -0.39 is 6.17 Å². The van der Waals surface area contributed by atoms with Gasteiger partial charge in [-0.15, -0.1) is 11.3 Å². The number of furan rings is 1. The van der Waals surface area contributed by atoms with Gasteiger partial charge in [0.15, 0.2) is 0 Å². The number of nitrogens with one attached hydrogen (secondary N) is 2. The lowest BCUT2D eigenvalue weighted by molar-refractivity contribution is 0.232. The lowest BCUT2D eigenvalue weighted by atomic mass is 9.85. The highest BCUT2D eigenvalue weighted by atomic mass is 32.1. The largest absolute Gasteiger partial charge is 0.485 e. The summed E-state index contributed by atoms with van der Waals surface area (Å²) in [6, 6.07) is 46.7. The molecule has 51 heavy (non-hydrogen) atoms. The Morgan fingerprint density at radius 1 is 0.745 bits per heavy atom. The van der Waals surface area contributed by atoms with E-state index in [2.05, 4.69) is 126 Å². The molecule has 4 atom stereocenters. The van der Waals surface area contributed by atoms with Crippen LogP contribution >= 0.6 is 11.3 Å². The molecule has 0 saturated carbocycles. The highest BCUT2D eigenvalue weighted by Gasteiger charge is 2.39. The predicted octanol–water partition coefficient (Wildman–Crippen LogP) is 10.3. The van der Waals surface area contributed by atoms with Crippen molar-refractivity contribution in [3.8, 4) is 16.9 Å². The Hall–Kier alpha value is -5.50. The molecule has 0 spiro atoms. The van der Waals surface area contributed by atoms with Gasteiger partial charge in [0.05, 0.1) is 12.3 Å². The minimum absolute atomic E-state index is 0.0921. The molecule has 8 aromatic rings. The second-order valence-corrected chi connectivity index (χ2v) is 14.5. The standard InChI is InChI=1S/C45H35N3O2S/c46-44(27-11-2-1-3-12-27)48-45(47-26-29-13-8-21-38-41(29)35-15-4-6-20-37(35)49-38)36-19-10-17-33-31-24-23-28(25-39(31)50-42(33)36)30-16-9-18-34-32-14-5-7-22-40(32)51-43(30)34/h1-25,33,42,44-45,47-48H,26,46H2. The molecular weight excluding hydrogens is 647 g/mol. The second-order valence-electron chi connectivity index (χ2n) is 13.4. The number of allylic oxidation sites excluding steroid dienone is 2. The maximum absolute atomic E-state index is 6.94. The quantitative estimate of drug-likeness (QED) is 0.139. The maximum Gasteiger partial charge on any atom is 0.135 e. The van der Waals surface area contributed by atoms with Crippen molar-refractivity contribution in [1.82, 2.24) is 10.6 Å². The molecule has 2 aromatic heterocycles. The molecule has 0 bridgehead atoms. The average Bonchev–Trinajstić information content (AvgIpc) is 3.88. The molecule has 6 heteroatoms. The zero-order valence-electron chi connectivity index (χ0n) is 27.8. The number of thiophene rings is 1. The zero-order valence-corrected chi connectivity index (χ0v) is 28.6. The lowest BCUT2D eigenvalue weighted by Gasteiger charge is -2.32. The maximum atomic E-state index is 6.94. The highest BCUT2D eigenvalue weighted by molar-refractivity contribution is 7.26. The smallest absolute Gasteiger partial charge is 0.135 e. The van der Waals surface area contributed by atoms with Gasteiger partial charge in [-0.1, -0.05) is 127 Å². The van der Waals surface area contributed by atoms with E-state index in [1.807, 2.05) is 47.7 Å². The van der Waals surface area contributed by atoms with E-state index in [4.69, 9.17) is 14.9 Å². The molecule has 0 radical (unpaired) electrons. The minimum atomic E-state index is -0.392. The number of nitrogens with two attached hydrogens (primary N) is 1. The van der Waals surface area contributed by atoms with E-state index in [-0.39, 0.29) is 18.2 Å². The third-order valence-corrected chi connectivity index (χ3v) is 11.6. The van der Waals surface area contributed by atoms with Gasteiger partial charge in [-0.2, -0.15) is 0 Å². The van der Waals surface area contributed by atoms with E-state index in [1.54, 1.807) is 0 Å². The summed E-state index contributed by atoms with van der Waals surface area (Å²) in [4.78, 5) is 0. The monoisotopic (exact) mass is 681 g/mol. The Morgan fingerprint density at radius 3 is 2.45 bits per heavy atom. The first-order chi connectivity index (χ1) is 25.2. The Morgan fingerprint density at radius 2 is 1.53 bits per heavy atom. The topological polar surface area (TPSA) is 72.5 Å². The molecule has 5 nitrogen and oxygen atoms in total. The number of benzene rings is 6. The van der Waals surface area contributed by atoms with Crippen LogP contribution in [0.5, 0.6) is 5.75 Å². The van der Waals surface area contributed by atoms with Gasteiger partial charge in [-0.3, -0.25) is 10.6 Å². The fraction of sp³-hybridized carbons (Fsp3) is 0.111. The Kier molecular flexibility index (Phi) is 7.36. The minimum Gasteiger partial charge on any atom is -0.485 e. The van der Waals surface area contributed by atoms with Gasteiger partial charge in [0.1, 0.15) is 23.0 Å². The summed E-state index contributed by atoms with van der Waals surface area (Å²) in [7, 11) is 0. The summed E-state index contributed by atoms with van der Waals surface area (Å²) >= 11 is 1.85. The fourth-order valence-corrected chi connectivity index (χ4v) is 9.20. The summed E-state index contributed by atoms with van der Waals surface area (Å²) < 4.78 is 15.8. The van der Waals surface area contributed by atoms with Gasteiger partial charge in [-0.25, -0.2) is 0 Å². The molecule has 0 saturated heterocycles. The molecule has 10 rings (SSSR count). The normalized spacial score (nSPS) is 17.8. The van der Waals surface area contributed by atoms with Crippen LogP contribution in [0.1, 0.15) is 28.8 Å². The van der Waals surface area contributed by atoms with Crippen LogP contribution in [0.15, 0.2) is 162 Å². The summed E-state index contributed by atoms with van der Waals surface area (Å²) in [5, 5.41) is 12.4. The molecule has 4 N–H and O–H groups in total. The van der Waals surface area contributed by atoms with E-state index in [0.717, 1.165) is 44.4 Å². The van der Waals surface area contributed by atoms with E-state index >= 15 is 0 Å². The van der Waals surface area contributed by atoms with Crippen LogP contribution < -0.4 is 21.1 Å². The number of ether oxygens (including phenoxy) is 1. The zero-order chi connectivity index (χ0) is 33.9. The van der Waals surface area contributed by atoms with Crippen molar-refractivity contribution in [2.24, 2.45) is 5.73 Å². The van der Waals surface area contributed by atoms with Crippen molar-refractivity contribution in [1.29, 1.82) is 0 Å². The molecule has 4 unspecified atom stereocenters. The van der Waals surface area contributed by atoms with Gasteiger partial charge in [0, 0.05) is 54.5 Å². The molecule has 1 aliphatic carbocycles. The first-order valence-electron chi connectivity index (χ1n) is 17.5. The first kappa shape index (κ1) is 30.3. The molecule has 0 amide bonds. The van der Waals surface area contributed by atoms with Gasteiger partial charge >= 0.3 is 0 Å². The van der Waals surface area contributed by atoms with Gasteiger partial charge in [0.2, 0.25) is 0 Å². The van der Waals surface area contributed by atoms with Crippen LogP contribution in [0.25, 0.3) is 53.2 Å². The van der Waals surface area contributed by atoms with Crippen LogP contribution in [-0.4, -0.2) is 12.3 Å². The summed E-state index contributed by atoms with van der Waals surface area (Å²) in [5.41, 5.74) is 15.5. The lowest BCUT2D eigenvalue weighted by Crippen LogP contribution is -2.50. The number of rotatable bonds is 8. The summed E-state index contributed by atoms with van der Waals surface area (Å²) in [6.45, 7) is 0.606. The van der Waals surface area contributed by atoms with Crippen molar-refractivity contribution in [3.05, 3.63) is 174 Å².